The minimum atomic E-state index is -0.0965. The van der Waals surface area contributed by atoms with Crippen LogP contribution in [-0.2, 0) is 6.61 Å². The normalized spacial score (nSPS) is 12.6. The van der Waals surface area contributed by atoms with Gasteiger partial charge in [0.05, 0.1) is 0 Å². The van der Waals surface area contributed by atoms with Crippen LogP contribution in [0.4, 0.5) is 0 Å². The van der Waals surface area contributed by atoms with Crippen molar-refractivity contribution in [1.82, 2.24) is 14.8 Å². The molecule has 1 heterocycles. The Morgan fingerprint density at radius 2 is 1.94 bits per heavy atom. The number of rotatable bonds is 5. The highest BCUT2D eigenvalue weighted by Crippen LogP contribution is 2.23. The second kappa shape index (κ2) is 5.78. The van der Waals surface area contributed by atoms with E-state index in [9.17, 15) is 5.11 Å². The molecule has 1 N–H and O–H groups in total. The molecule has 4 nitrogen and oxygen atoms in total. The average Bonchev–Trinajstić information content (AvgIpc) is 2.83. The highest BCUT2D eigenvalue weighted by atomic mass is 16.3. The molecule has 2 aromatic rings. The molecular weight excluding hydrogens is 226 g/mol. The van der Waals surface area contributed by atoms with Gasteiger partial charge in [-0.15, -0.1) is 10.2 Å². The van der Waals surface area contributed by atoms with E-state index in [4.69, 9.17) is 0 Å². The van der Waals surface area contributed by atoms with Gasteiger partial charge in [0.15, 0.2) is 5.82 Å². The molecule has 1 aromatic heterocycles. The van der Waals surface area contributed by atoms with Gasteiger partial charge < -0.3 is 5.11 Å². The van der Waals surface area contributed by atoms with Crippen LogP contribution in [0.3, 0.4) is 0 Å². The molecule has 0 amide bonds. The molecule has 0 bridgehead atoms. The van der Waals surface area contributed by atoms with Gasteiger partial charge in [0.1, 0.15) is 12.4 Å². The zero-order valence-corrected chi connectivity index (χ0v) is 10.9. The minimum absolute atomic E-state index is 0.0965. The Balaban J connectivity index is 2.46. The van der Waals surface area contributed by atoms with Crippen molar-refractivity contribution in [2.75, 3.05) is 0 Å². The van der Waals surface area contributed by atoms with Crippen molar-refractivity contribution in [3.05, 3.63) is 42.0 Å². The molecule has 0 aliphatic carbocycles. The summed E-state index contributed by atoms with van der Waals surface area (Å²) in [6.07, 6.45) is 2.17. The maximum atomic E-state index is 9.38. The van der Waals surface area contributed by atoms with Crippen LogP contribution in [-0.4, -0.2) is 19.9 Å². The largest absolute Gasteiger partial charge is 0.388 e. The lowest BCUT2D eigenvalue weighted by molar-refractivity contribution is 0.268. The van der Waals surface area contributed by atoms with Crippen molar-refractivity contribution in [2.24, 2.45) is 0 Å². The number of nitrogens with zero attached hydrogens (tertiary/aromatic N) is 3. The molecule has 0 aliphatic heterocycles. The van der Waals surface area contributed by atoms with E-state index in [0.717, 1.165) is 24.4 Å². The minimum Gasteiger partial charge on any atom is -0.388 e. The van der Waals surface area contributed by atoms with Gasteiger partial charge in [0.2, 0.25) is 0 Å². The summed E-state index contributed by atoms with van der Waals surface area (Å²) >= 11 is 0. The quantitative estimate of drug-likeness (QED) is 0.881. The number of hydrogen-bond acceptors (Lipinski definition) is 3. The van der Waals surface area contributed by atoms with Gasteiger partial charge in [-0.05, 0) is 18.6 Å². The molecule has 1 atom stereocenters. The highest BCUT2D eigenvalue weighted by Gasteiger charge is 2.17. The Morgan fingerprint density at radius 1 is 1.22 bits per heavy atom. The van der Waals surface area contributed by atoms with Gasteiger partial charge >= 0.3 is 0 Å². The second-order valence-electron chi connectivity index (χ2n) is 4.49. The number of aromatic nitrogens is 3. The third-order valence-corrected chi connectivity index (χ3v) is 3.07. The lowest BCUT2D eigenvalue weighted by Crippen LogP contribution is -2.08. The summed E-state index contributed by atoms with van der Waals surface area (Å²) in [5, 5.41) is 17.7. The van der Waals surface area contributed by atoms with E-state index in [-0.39, 0.29) is 6.61 Å². The van der Waals surface area contributed by atoms with Crippen molar-refractivity contribution in [3.8, 4) is 5.69 Å². The topological polar surface area (TPSA) is 50.9 Å². The third-order valence-electron chi connectivity index (χ3n) is 3.07. The van der Waals surface area contributed by atoms with Crippen LogP contribution in [0.1, 0.15) is 44.3 Å². The first-order valence-electron chi connectivity index (χ1n) is 6.38. The smallest absolute Gasteiger partial charge is 0.163 e. The summed E-state index contributed by atoms with van der Waals surface area (Å²) < 4.78 is 1.96. The highest BCUT2D eigenvalue weighted by molar-refractivity contribution is 5.34. The van der Waals surface area contributed by atoms with Gasteiger partial charge in [-0.25, -0.2) is 0 Å². The van der Waals surface area contributed by atoms with E-state index in [2.05, 4.69) is 24.0 Å². The summed E-state index contributed by atoms with van der Waals surface area (Å²) in [6, 6.07) is 9.94. The van der Waals surface area contributed by atoms with Crippen LogP contribution in [0.15, 0.2) is 30.3 Å². The molecule has 0 saturated heterocycles. The van der Waals surface area contributed by atoms with E-state index in [1.807, 2.05) is 34.9 Å². The SMILES string of the molecule is CCCC(C)c1nnc(CO)n1-c1ccccc1. The molecule has 18 heavy (non-hydrogen) atoms. The van der Waals surface area contributed by atoms with Crippen LogP contribution < -0.4 is 0 Å². The molecular formula is C14H19N3O. The van der Waals surface area contributed by atoms with E-state index < -0.39 is 0 Å². The predicted octanol–water partition coefficient (Wildman–Crippen LogP) is 2.66. The molecule has 1 aromatic carbocycles. The fourth-order valence-corrected chi connectivity index (χ4v) is 2.17. The number of hydrogen-bond donors (Lipinski definition) is 1. The monoisotopic (exact) mass is 245 g/mol. The number of benzene rings is 1. The second-order valence-corrected chi connectivity index (χ2v) is 4.49. The first kappa shape index (κ1) is 12.8. The summed E-state index contributed by atoms with van der Waals surface area (Å²) in [4.78, 5) is 0. The number of aliphatic hydroxyl groups excluding tert-OH is 1. The van der Waals surface area contributed by atoms with E-state index in [1.165, 1.54) is 0 Å². The molecule has 1 unspecified atom stereocenters. The molecule has 0 saturated carbocycles. The Bertz CT molecular complexity index is 493. The van der Waals surface area contributed by atoms with E-state index >= 15 is 0 Å². The zero-order chi connectivity index (χ0) is 13.0. The predicted molar refractivity (Wildman–Crippen MR) is 70.6 cm³/mol. The van der Waals surface area contributed by atoms with E-state index in [1.54, 1.807) is 0 Å². The van der Waals surface area contributed by atoms with Crippen molar-refractivity contribution in [1.29, 1.82) is 0 Å². The third kappa shape index (κ3) is 2.43. The zero-order valence-electron chi connectivity index (χ0n) is 10.9. The Labute approximate surface area is 107 Å². The fraction of sp³-hybridized carbons (Fsp3) is 0.429. The van der Waals surface area contributed by atoms with Gasteiger partial charge in [-0.3, -0.25) is 4.57 Å². The molecule has 0 radical (unpaired) electrons. The first-order valence-corrected chi connectivity index (χ1v) is 6.38. The van der Waals surface area contributed by atoms with Crippen LogP contribution in [0.2, 0.25) is 0 Å². The van der Waals surface area contributed by atoms with Gasteiger partial charge in [0.25, 0.3) is 0 Å². The Kier molecular flexibility index (Phi) is 4.10. The van der Waals surface area contributed by atoms with Crippen molar-refractivity contribution in [3.63, 3.8) is 0 Å². The van der Waals surface area contributed by atoms with Crippen molar-refractivity contribution < 1.29 is 5.11 Å². The van der Waals surface area contributed by atoms with Gasteiger partial charge in [-0.1, -0.05) is 38.5 Å². The summed E-state index contributed by atoms with van der Waals surface area (Å²) in [5.74, 6) is 1.86. The first-order chi connectivity index (χ1) is 8.77. The number of aliphatic hydroxyl groups is 1. The molecule has 96 valence electrons. The van der Waals surface area contributed by atoms with Crippen molar-refractivity contribution in [2.45, 2.75) is 39.2 Å². The average molecular weight is 245 g/mol. The molecule has 4 heteroatoms. The van der Waals surface area contributed by atoms with Crippen LogP contribution >= 0.6 is 0 Å². The number of para-hydroxylation sites is 1. The maximum Gasteiger partial charge on any atom is 0.163 e. The molecule has 0 fully saturated rings. The molecule has 0 aliphatic rings. The van der Waals surface area contributed by atoms with Gasteiger partial charge in [-0.2, -0.15) is 0 Å². The fourth-order valence-electron chi connectivity index (χ4n) is 2.17. The molecule has 0 spiro atoms. The maximum absolute atomic E-state index is 9.38. The van der Waals surface area contributed by atoms with Crippen molar-refractivity contribution >= 4 is 0 Å². The van der Waals surface area contributed by atoms with E-state index in [0.29, 0.717) is 11.7 Å². The summed E-state index contributed by atoms with van der Waals surface area (Å²) in [6.45, 7) is 4.21. The standard InChI is InChI=1S/C14H19N3O/c1-3-7-11(2)14-16-15-13(10-18)17(14)12-8-5-4-6-9-12/h4-6,8-9,11,18H,3,7,10H2,1-2H3. The van der Waals surface area contributed by atoms with Crippen LogP contribution in [0.25, 0.3) is 5.69 Å². The van der Waals surface area contributed by atoms with Crippen LogP contribution in [0.5, 0.6) is 0 Å². The lowest BCUT2D eigenvalue weighted by Gasteiger charge is -2.13. The van der Waals surface area contributed by atoms with Gasteiger partial charge in [0, 0.05) is 11.6 Å². The molecule has 2 rings (SSSR count). The van der Waals surface area contributed by atoms with Crippen LogP contribution in [0, 0.1) is 0 Å². The lowest BCUT2D eigenvalue weighted by atomic mass is 10.1. The Morgan fingerprint density at radius 3 is 2.56 bits per heavy atom. The Hall–Kier alpha value is -1.68. The summed E-state index contributed by atoms with van der Waals surface area (Å²) in [7, 11) is 0. The summed E-state index contributed by atoms with van der Waals surface area (Å²) in [5.41, 5.74) is 1.00.